The molecule has 8 nitrogen and oxygen atoms in total. The smallest absolute Gasteiger partial charge is 0.276 e. The van der Waals surface area contributed by atoms with E-state index in [-0.39, 0.29) is 5.91 Å². The van der Waals surface area contributed by atoms with Gasteiger partial charge in [-0.3, -0.25) is 29.7 Å². The number of amides is 1. The average molecular weight is 524 g/mol. The van der Waals surface area contributed by atoms with Crippen molar-refractivity contribution in [2.45, 2.75) is 58.0 Å². The molecule has 3 aromatic heterocycles. The Morgan fingerprint density at radius 2 is 1.54 bits per heavy atom. The van der Waals surface area contributed by atoms with Gasteiger partial charge in [-0.1, -0.05) is 25.3 Å². The second kappa shape index (κ2) is 12.1. The Kier molecular flexibility index (Phi) is 7.93. The van der Waals surface area contributed by atoms with Gasteiger partial charge >= 0.3 is 0 Å². The van der Waals surface area contributed by atoms with Gasteiger partial charge in [0.15, 0.2) is 5.69 Å². The van der Waals surface area contributed by atoms with E-state index in [1.54, 1.807) is 6.20 Å². The van der Waals surface area contributed by atoms with Crippen LogP contribution in [-0.2, 0) is 13.1 Å². The lowest BCUT2D eigenvalue weighted by molar-refractivity contribution is 0.102. The molecule has 39 heavy (non-hydrogen) atoms. The highest BCUT2D eigenvalue weighted by Crippen LogP contribution is 2.27. The molecule has 1 aromatic carbocycles. The number of fused-ring (bicyclic) bond motifs is 1. The highest BCUT2D eigenvalue weighted by Gasteiger charge is 2.17. The predicted octanol–water partition coefficient (Wildman–Crippen LogP) is 5.63. The second-order valence-electron chi connectivity index (χ2n) is 10.9. The van der Waals surface area contributed by atoms with Crippen LogP contribution < -0.4 is 5.32 Å². The van der Waals surface area contributed by atoms with Crippen LogP contribution in [0.1, 0.15) is 66.7 Å². The van der Waals surface area contributed by atoms with E-state index in [1.807, 2.05) is 36.7 Å². The summed E-state index contributed by atoms with van der Waals surface area (Å²) in [5, 5.41) is 11.1. The van der Waals surface area contributed by atoms with E-state index < -0.39 is 0 Å². The molecule has 2 fully saturated rings. The molecule has 2 saturated heterocycles. The molecule has 0 radical (unpaired) electrons. The van der Waals surface area contributed by atoms with E-state index in [1.165, 1.54) is 50.5 Å². The summed E-state index contributed by atoms with van der Waals surface area (Å²) in [6, 6.07) is 12.2. The number of aromatic nitrogens is 4. The van der Waals surface area contributed by atoms with Crippen molar-refractivity contribution >= 4 is 22.5 Å². The van der Waals surface area contributed by atoms with Gasteiger partial charge in [0.1, 0.15) is 0 Å². The van der Waals surface area contributed by atoms with E-state index in [9.17, 15) is 4.79 Å². The topological polar surface area (TPSA) is 90.0 Å². The monoisotopic (exact) mass is 523 g/mol. The molecule has 0 spiro atoms. The Bertz CT molecular complexity index is 1400. The Morgan fingerprint density at radius 1 is 0.795 bits per heavy atom. The molecule has 8 heteroatoms. The van der Waals surface area contributed by atoms with Crippen molar-refractivity contribution in [1.82, 2.24) is 30.0 Å². The number of H-pyrrole nitrogens is 1. The SMILES string of the molecule is O=C(Nc1ccc(CN2CCCCC2)nc1)c1n[nH]c2ccc(-c3cncc(CN4CCCCCC4)c3)cc12. The van der Waals surface area contributed by atoms with Crippen LogP contribution in [0.4, 0.5) is 5.69 Å². The number of hydrogen-bond acceptors (Lipinski definition) is 6. The van der Waals surface area contributed by atoms with Gasteiger partial charge in [-0.25, -0.2) is 0 Å². The summed E-state index contributed by atoms with van der Waals surface area (Å²) in [5.74, 6) is -0.253. The first-order valence-corrected chi connectivity index (χ1v) is 14.3. The third-order valence-electron chi connectivity index (χ3n) is 7.93. The zero-order chi connectivity index (χ0) is 26.4. The lowest BCUT2D eigenvalue weighted by atomic mass is 10.0. The van der Waals surface area contributed by atoms with Gasteiger partial charge in [0.05, 0.1) is 23.1 Å². The van der Waals surface area contributed by atoms with Crippen LogP contribution in [0.15, 0.2) is 55.0 Å². The summed E-state index contributed by atoms with van der Waals surface area (Å²) in [6.07, 6.45) is 14.6. The minimum absolute atomic E-state index is 0.253. The van der Waals surface area contributed by atoms with Gasteiger partial charge in [0.25, 0.3) is 5.91 Å². The molecule has 0 atom stereocenters. The van der Waals surface area contributed by atoms with Crippen LogP contribution >= 0.6 is 0 Å². The maximum atomic E-state index is 13.2. The molecule has 4 aromatic rings. The maximum absolute atomic E-state index is 13.2. The third-order valence-corrected chi connectivity index (χ3v) is 7.93. The minimum atomic E-state index is -0.253. The third kappa shape index (κ3) is 6.34. The minimum Gasteiger partial charge on any atom is -0.319 e. The number of carbonyl (C=O) groups excluding carboxylic acids is 1. The fourth-order valence-electron chi connectivity index (χ4n) is 5.78. The van der Waals surface area contributed by atoms with Crippen LogP contribution in [0.25, 0.3) is 22.0 Å². The highest BCUT2D eigenvalue weighted by atomic mass is 16.1. The number of anilines is 1. The van der Waals surface area contributed by atoms with Crippen LogP contribution in [-0.4, -0.2) is 62.1 Å². The number of pyridine rings is 2. The second-order valence-corrected chi connectivity index (χ2v) is 10.9. The molecular weight excluding hydrogens is 486 g/mol. The summed E-state index contributed by atoms with van der Waals surface area (Å²) in [6.45, 7) is 6.35. The van der Waals surface area contributed by atoms with Crippen LogP contribution in [0.3, 0.4) is 0 Å². The number of nitrogens with zero attached hydrogens (tertiary/aromatic N) is 5. The van der Waals surface area contributed by atoms with Crippen molar-refractivity contribution in [2.24, 2.45) is 0 Å². The predicted molar refractivity (Wildman–Crippen MR) is 154 cm³/mol. The van der Waals surface area contributed by atoms with Crippen LogP contribution in [0.2, 0.25) is 0 Å². The fourth-order valence-corrected chi connectivity index (χ4v) is 5.78. The van der Waals surface area contributed by atoms with E-state index in [0.717, 1.165) is 67.0 Å². The molecule has 0 aliphatic carbocycles. The molecule has 202 valence electrons. The van der Waals surface area contributed by atoms with Crippen molar-refractivity contribution in [3.05, 3.63) is 71.9 Å². The number of hydrogen-bond donors (Lipinski definition) is 2. The molecule has 1 amide bonds. The number of likely N-dealkylation sites (tertiary alicyclic amines) is 2. The summed E-state index contributed by atoms with van der Waals surface area (Å²) in [7, 11) is 0. The Hall–Kier alpha value is -3.62. The van der Waals surface area contributed by atoms with Gasteiger partial charge in [0, 0.05) is 36.4 Å². The van der Waals surface area contributed by atoms with Crippen molar-refractivity contribution in [2.75, 3.05) is 31.5 Å². The van der Waals surface area contributed by atoms with Gasteiger partial charge in [-0.2, -0.15) is 5.10 Å². The Morgan fingerprint density at radius 3 is 2.28 bits per heavy atom. The number of nitrogens with one attached hydrogen (secondary N) is 2. The van der Waals surface area contributed by atoms with E-state index in [4.69, 9.17) is 0 Å². The largest absolute Gasteiger partial charge is 0.319 e. The average Bonchev–Trinajstić information content (AvgIpc) is 3.23. The summed E-state index contributed by atoms with van der Waals surface area (Å²) in [5.41, 5.74) is 6.18. The van der Waals surface area contributed by atoms with Crippen molar-refractivity contribution < 1.29 is 4.79 Å². The number of carbonyl (C=O) groups is 1. The lowest BCUT2D eigenvalue weighted by Gasteiger charge is -2.25. The van der Waals surface area contributed by atoms with E-state index in [2.05, 4.69) is 47.4 Å². The van der Waals surface area contributed by atoms with E-state index >= 15 is 0 Å². The van der Waals surface area contributed by atoms with Crippen LogP contribution in [0, 0.1) is 0 Å². The molecule has 0 unspecified atom stereocenters. The normalized spacial score (nSPS) is 17.2. The molecule has 2 aliphatic rings. The molecule has 0 saturated carbocycles. The molecule has 2 N–H and O–H groups in total. The zero-order valence-corrected chi connectivity index (χ0v) is 22.5. The first-order valence-electron chi connectivity index (χ1n) is 14.3. The lowest BCUT2D eigenvalue weighted by Crippen LogP contribution is -2.29. The first-order chi connectivity index (χ1) is 19.2. The Balaban J connectivity index is 1.15. The van der Waals surface area contributed by atoms with Gasteiger partial charge in [-0.15, -0.1) is 0 Å². The standard InChI is InChI=1S/C31H37N7O/c39-31(34-26-9-10-27(33-20-26)22-38-14-6-3-7-15-38)30-28-17-24(8-11-29(28)35-36-30)25-16-23(18-32-19-25)21-37-12-4-1-2-5-13-37/h8-11,16-20H,1-7,12-15,21-22H2,(H,34,39)(H,35,36). The van der Waals surface area contributed by atoms with E-state index in [0.29, 0.717) is 11.4 Å². The molecule has 6 rings (SSSR count). The van der Waals surface area contributed by atoms with Gasteiger partial charge in [-0.05, 0) is 93.3 Å². The summed E-state index contributed by atoms with van der Waals surface area (Å²) >= 11 is 0. The summed E-state index contributed by atoms with van der Waals surface area (Å²) < 4.78 is 0. The number of piperidine rings is 1. The van der Waals surface area contributed by atoms with Crippen molar-refractivity contribution in [1.29, 1.82) is 0 Å². The quantitative estimate of drug-likeness (QED) is 0.326. The Labute approximate surface area is 229 Å². The zero-order valence-electron chi connectivity index (χ0n) is 22.5. The number of rotatable bonds is 7. The number of benzene rings is 1. The summed E-state index contributed by atoms with van der Waals surface area (Å²) in [4.78, 5) is 27.3. The van der Waals surface area contributed by atoms with Crippen LogP contribution in [0.5, 0.6) is 0 Å². The molecule has 0 bridgehead atoms. The van der Waals surface area contributed by atoms with Crippen molar-refractivity contribution in [3.63, 3.8) is 0 Å². The first kappa shape index (κ1) is 25.6. The molecule has 5 heterocycles. The van der Waals surface area contributed by atoms with Gasteiger partial charge in [0.2, 0.25) is 0 Å². The molecule has 2 aliphatic heterocycles. The fraction of sp³-hybridized carbons (Fsp3) is 0.419. The van der Waals surface area contributed by atoms with Gasteiger partial charge < -0.3 is 5.32 Å². The number of aromatic amines is 1. The highest BCUT2D eigenvalue weighted by molar-refractivity contribution is 6.11. The maximum Gasteiger partial charge on any atom is 0.276 e. The van der Waals surface area contributed by atoms with Crippen molar-refractivity contribution in [3.8, 4) is 11.1 Å². The molecular formula is C31H37N7O.